The van der Waals surface area contributed by atoms with E-state index in [0.29, 0.717) is 23.5 Å². The molecular weight excluding hydrogens is 499 g/mol. The number of anilines is 3. The molecule has 0 bridgehead atoms. The van der Waals surface area contributed by atoms with Gasteiger partial charge in [-0.15, -0.1) is 0 Å². The predicted octanol–water partition coefficient (Wildman–Crippen LogP) is 3.10. The van der Waals surface area contributed by atoms with Gasteiger partial charge in [-0.2, -0.15) is 0 Å². The highest BCUT2D eigenvalue weighted by Crippen LogP contribution is 2.36. The molecule has 2 aliphatic rings. The number of amides is 2. The summed E-state index contributed by atoms with van der Waals surface area (Å²) in [5.74, 6) is -0.550. The highest BCUT2D eigenvalue weighted by atomic mass is 16.7. The van der Waals surface area contributed by atoms with E-state index in [1.807, 2.05) is 48.5 Å². The Morgan fingerprint density at radius 2 is 1.87 bits per heavy atom. The maximum absolute atomic E-state index is 13.5. The number of nitrogens with two attached hydrogens (primary N) is 1. The monoisotopic (exact) mass is 538 g/mol. The molecule has 0 unspecified atom stereocenters. The molecule has 1 atom stereocenters. The van der Waals surface area contributed by atoms with Crippen LogP contribution in [0.2, 0.25) is 0 Å². The Bertz CT molecular complexity index is 1210. The van der Waals surface area contributed by atoms with Crippen molar-refractivity contribution in [3.8, 4) is 0 Å². The van der Waals surface area contributed by atoms with Crippen LogP contribution in [0.4, 0.5) is 21.9 Å². The van der Waals surface area contributed by atoms with Crippen molar-refractivity contribution in [3.63, 3.8) is 0 Å². The molecule has 0 radical (unpaired) electrons. The first-order valence-electron chi connectivity index (χ1n) is 13.3. The summed E-state index contributed by atoms with van der Waals surface area (Å²) < 4.78 is 17.9. The molecule has 2 aromatic heterocycles. The first kappa shape index (κ1) is 28.8. The number of nitrogens with one attached hydrogen (secondary N) is 2. The van der Waals surface area contributed by atoms with Gasteiger partial charge in [0.2, 0.25) is 0 Å². The minimum atomic E-state index is -0.752. The van der Waals surface area contributed by atoms with Crippen molar-refractivity contribution in [2.24, 2.45) is 0 Å². The molecule has 2 fully saturated rings. The zero-order chi connectivity index (χ0) is 28.6. The van der Waals surface area contributed by atoms with E-state index in [9.17, 15) is 9.59 Å². The topological polar surface area (TPSA) is 141 Å². The van der Waals surface area contributed by atoms with Gasteiger partial charge in [-0.25, -0.2) is 9.78 Å². The molecular formula is C27H39BN6O5. The number of carbonyl (C=O) groups excluding carboxylic acids is 2. The molecule has 4 rings (SSSR count). The van der Waals surface area contributed by atoms with Gasteiger partial charge in [-0.1, -0.05) is 0 Å². The summed E-state index contributed by atoms with van der Waals surface area (Å²) in [5, 5.41) is 6.20. The highest BCUT2D eigenvalue weighted by Gasteiger charge is 2.52. The van der Waals surface area contributed by atoms with E-state index in [0.717, 1.165) is 19.4 Å². The van der Waals surface area contributed by atoms with Crippen molar-refractivity contribution < 1.29 is 23.6 Å². The number of piperidine rings is 1. The van der Waals surface area contributed by atoms with Gasteiger partial charge in [0.15, 0.2) is 5.69 Å². The van der Waals surface area contributed by atoms with Crippen molar-refractivity contribution >= 4 is 41.8 Å². The number of carbonyl (C=O) groups is 2. The van der Waals surface area contributed by atoms with Crippen LogP contribution in [-0.4, -0.2) is 65.0 Å². The van der Waals surface area contributed by atoms with Crippen LogP contribution in [0.5, 0.6) is 0 Å². The van der Waals surface area contributed by atoms with E-state index in [-0.39, 0.29) is 17.4 Å². The summed E-state index contributed by atoms with van der Waals surface area (Å²) in [6.07, 6.45) is 4.26. The number of hydrogen-bond donors (Lipinski definition) is 3. The SMILES string of the molecule is CC(C)(C)OC(=O)N(c1ccncc1NC(=O)c1nc(B2OC(C)(C)C(C)(C)O2)ccc1N)[C@H]1CCCNC1. The summed E-state index contributed by atoms with van der Waals surface area (Å²) in [5.41, 5.74) is 5.80. The van der Waals surface area contributed by atoms with Gasteiger partial charge >= 0.3 is 13.2 Å². The molecule has 2 saturated heterocycles. The first-order chi connectivity index (χ1) is 18.2. The van der Waals surface area contributed by atoms with Gasteiger partial charge in [0.25, 0.3) is 5.91 Å². The fourth-order valence-electron chi connectivity index (χ4n) is 4.45. The zero-order valence-electron chi connectivity index (χ0n) is 23.8. The van der Waals surface area contributed by atoms with Crippen LogP contribution in [0, 0.1) is 0 Å². The fourth-order valence-corrected chi connectivity index (χ4v) is 4.45. The van der Waals surface area contributed by atoms with Gasteiger partial charge in [0.05, 0.1) is 46.1 Å². The van der Waals surface area contributed by atoms with E-state index in [1.165, 1.54) is 6.20 Å². The van der Waals surface area contributed by atoms with Crippen LogP contribution in [0.15, 0.2) is 30.6 Å². The highest BCUT2D eigenvalue weighted by molar-refractivity contribution is 6.61. The fraction of sp³-hybridized carbons (Fsp3) is 0.556. The van der Waals surface area contributed by atoms with Crippen LogP contribution in [-0.2, 0) is 14.0 Å². The molecule has 0 aliphatic carbocycles. The second-order valence-corrected chi connectivity index (χ2v) is 12.0. The zero-order valence-corrected chi connectivity index (χ0v) is 23.8. The number of nitrogens with zero attached hydrogens (tertiary/aromatic N) is 3. The molecule has 2 aliphatic heterocycles. The quantitative estimate of drug-likeness (QED) is 0.490. The largest absolute Gasteiger partial charge is 0.514 e. The third kappa shape index (κ3) is 6.34. The van der Waals surface area contributed by atoms with Crippen molar-refractivity contribution in [1.29, 1.82) is 0 Å². The molecule has 12 heteroatoms. The molecule has 0 saturated carbocycles. The number of ether oxygens (including phenoxy) is 1. The first-order valence-corrected chi connectivity index (χ1v) is 13.3. The van der Waals surface area contributed by atoms with E-state index in [1.54, 1.807) is 29.3 Å². The molecule has 210 valence electrons. The smallest absolute Gasteiger partial charge is 0.443 e. The Hall–Kier alpha value is -3.22. The van der Waals surface area contributed by atoms with Gasteiger partial charge in [-0.05, 0) is 86.1 Å². The van der Waals surface area contributed by atoms with Crippen LogP contribution in [0.25, 0.3) is 0 Å². The third-order valence-corrected chi connectivity index (χ3v) is 7.19. The summed E-state index contributed by atoms with van der Waals surface area (Å²) in [4.78, 5) is 37.2. The van der Waals surface area contributed by atoms with Crippen molar-refractivity contribution in [3.05, 3.63) is 36.3 Å². The van der Waals surface area contributed by atoms with Crippen LogP contribution in [0.1, 0.15) is 71.8 Å². The predicted molar refractivity (Wildman–Crippen MR) is 151 cm³/mol. The van der Waals surface area contributed by atoms with Gasteiger partial charge < -0.3 is 30.4 Å². The second kappa shape index (κ2) is 10.7. The van der Waals surface area contributed by atoms with Gasteiger partial charge in [-0.3, -0.25) is 14.7 Å². The van der Waals surface area contributed by atoms with E-state index >= 15 is 0 Å². The number of rotatable bonds is 5. The maximum atomic E-state index is 13.5. The lowest BCUT2D eigenvalue weighted by Gasteiger charge is -2.36. The Labute approximate surface area is 230 Å². The molecule has 4 N–H and O–H groups in total. The Kier molecular flexibility index (Phi) is 7.93. The summed E-state index contributed by atoms with van der Waals surface area (Å²) in [6, 6.07) is 4.81. The number of hydrogen-bond acceptors (Lipinski definition) is 9. The van der Waals surface area contributed by atoms with Gasteiger partial charge in [0, 0.05) is 12.7 Å². The lowest BCUT2D eigenvalue weighted by molar-refractivity contribution is 0.00578. The molecule has 2 aromatic rings. The van der Waals surface area contributed by atoms with Crippen molar-refractivity contribution in [2.75, 3.05) is 29.0 Å². The minimum Gasteiger partial charge on any atom is -0.443 e. The third-order valence-electron chi connectivity index (χ3n) is 7.19. The second-order valence-electron chi connectivity index (χ2n) is 12.0. The molecule has 11 nitrogen and oxygen atoms in total. The lowest BCUT2D eigenvalue weighted by Crippen LogP contribution is -2.50. The summed E-state index contributed by atoms with van der Waals surface area (Å²) in [7, 11) is -0.752. The maximum Gasteiger partial charge on any atom is 0.514 e. The minimum absolute atomic E-state index is 0.0140. The average molecular weight is 538 g/mol. The Balaban J connectivity index is 1.63. The molecule has 39 heavy (non-hydrogen) atoms. The lowest BCUT2D eigenvalue weighted by atomic mass is 9.84. The molecule has 4 heterocycles. The summed E-state index contributed by atoms with van der Waals surface area (Å²) in [6.45, 7) is 14.7. The van der Waals surface area contributed by atoms with E-state index < -0.39 is 35.9 Å². The average Bonchev–Trinajstić information content (AvgIpc) is 3.06. The van der Waals surface area contributed by atoms with Crippen LogP contribution in [0.3, 0.4) is 0 Å². The number of nitrogen functional groups attached to an aromatic ring is 1. The van der Waals surface area contributed by atoms with Crippen molar-refractivity contribution in [1.82, 2.24) is 15.3 Å². The summed E-state index contributed by atoms with van der Waals surface area (Å²) >= 11 is 0. The normalized spacial score (nSPS) is 20.4. The van der Waals surface area contributed by atoms with Crippen LogP contribution >= 0.6 is 0 Å². The molecule has 0 spiro atoms. The van der Waals surface area contributed by atoms with Gasteiger partial charge in [0.1, 0.15) is 5.60 Å². The van der Waals surface area contributed by atoms with E-state index in [2.05, 4.69) is 20.6 Å². The van der Waals surface area contributed by atoms with Crippen LogP contribution < -0.4 is 26.9 Å². The number of aromatic nitrogens is 2. The molecule has 2 amide bonds. The Morgan fingerprint density at radius 1 is 1.18 bits per heavy atom. The van der Waals surface area contributed by atoms with Crippen molar-refractivity contribution in [2.45, 2.75) is 84.2 Å². The van der Waals surface area contributed by atoms with E-state index in [4.69, 9.17) is 19.8 Å². The molecule has 0 aromatic carbocycles. The number of pyridine rings is 2. The standard InChI is InChI=1S/C27H39BN6O5/c1-25(2,3)37-24(36)34(17-9-8-13-30-15-17)20-12-14-31-16-19(20)32-23(35)22-18(29)10-11-21(33-22)28-38-26(4,5)27(6,7)39-28/h10-12,14,16-17,30H,8-9,13,15,29H2,1-7H3,(H,32,35)/t17-/m0/s1. The Morgan fingerprint density at radius 3 is 2.49 bits per heavy atom.